The lowest BCUT2D eigenvalue weighted by Crippen LogP contribution is -2.16. The smallest absolute Gasteiger partial charge is 0.221 e. The molecule has 1 amide bonds. The summed E-state index contributed by atoms with van der Waals surface area (Å²) in [5.41, 5.74) is 5.91. The average molecular weight is 289 g/mol. The van der Waals surface area contributed by atoms with E-state index in [9.17, 15) is 15.0 Å². The first-order chi connectivity index (χ1) is 7.47. The van der Waals surface area contributed by atoms with E-state index in [0.29, 0.717) is 10.0 Å². The summed E-state index contributed by atoms with van der Waals surface area (Å²) < 4.78 is 0.576. The summed E-state index contributed by atoms with van der Waals surface area (Å²) in [5.74, 6) is -0.445. The van der Waals surface area contributed by atoms with E-state index in [2.05, 4.69) is 21.2 Å². The summed E-state index contributed by atoms with van der Waals surface area (Å²) in [7, 11) is 0. The summed E-state index contributed by atoms with van der Waals surface area (Å²) in [4.78, 5) is 11.0. The van der Waals surface area contributed by atoms with E-state index < -0.39 is 6.10 Å². The van der Waals surface area contributed by atoms with Crippen molar-refractivity contribution in [1.29, 1.82) is 0 Å². The molecule has 5 nitrogen and oxygen atoms in total. The summed E-state index contributed by atoms with van der Waals surface area (Å²) in [6.45, 7) is 1.31. The van der Waals surface area contributed by atoms with E-state index in [0.717, 1.165) is 0 Å². The van der Waals surface area contributed by atoms with Gasteiger partial charge in [0, 0.05) is 23.5 Å². The summed E-state index contributed by atoms with van der Waals surface area (Å²) >= 11 is 3.23. The van der Waals surface area contributed by atoms with Crippen LogP contribution < -0.4 is 11.1 Å². The van der Waals surface area contributed by atoms with Gasteiger partial charge in [0.15, 0.2) is 0 Å². The van der Waals surface area contributed by atoms with Crippen LogP contribution in [0.15, 0.2) is 16.6 Å². The van der Waals surface area contributed by atoms with Crippen molar-refractivity contribution in [3.63, 3.8) is 0 Å². The van der Waals surface area contributed by atoms with Crippen LogP contribution in [0.5, 0.6) is 5.75 Å². The number of halogens is 1. The molecule has 0 saturated heterocycles. The SMILES string of the molecule is CC(=O)Nc1c(O)ccc(Br)c1C(O)CN. The van der Waals surface area contributed by atoms with Crippen molar-refractivity contribution in [2.24, 2.45) is 5.73 Å². The van der Waals surface area contributed by atoms with Gasteiger partial charge in [-0.15, -0.1) is 0 Å². The van der Waals surface area contributed by atoms with Gasteiger partial charge < -0.3 is 21.3 Å². The van der Waals surface area contributed by atoms with E-state index in [4.69, 9.17) is 5.73 Å². The third kappa shape index (κ3) is 2.72. The summed E-state index contributed by atoms with van der Waals surface area (Å²) in [6, 6.07) is 3.00. The van der Waals surface area contributed by atoms with Crippen molar-refractivity contribution < 1.29 is 15.0 Å². The highest BCUT2D eigenvalue weighted by atomic mass is 79.9. The van der Waals surface area contributed by atoms with Crippen LogP contribution in [0.25, 0.3) is 0 Å². The van der Waals surface area contributed by atoms with Crippen molar-refractivity contribution >= 4 is 27.5 Å². The molecule has 0 heterocycles. The molecule has 0 aromatic heterocycles. The third-order valence-electron chi connectivity index (χ3n) is 2.03. The monoisotopic (exact) mass is 288 g/mol. The van der Waals surface area contributed by atoms with E-state index in [1.807, 2.05) is 0 Å². The zero-order chi connectivity index (χ0) is 12.3. The van der Waals surface area contributed by atoms with Gasteiger partial charge in [-0.1, -0.05) is 15.9 Å². The van der Waals surface area contributed by atoms with E-state index >= 15 is 0 Å². The minimum Gasteiger partial charge on any atom is -0.506 e. The zero-order valence-electron chi connectivity index (χ0n) is 8.70. The number of nitrogens with one attached hydrogen (secondary N) is 1. The van der Waals surface area contributed by atoms with Gasteiger partial charge in [0.2, 0.25) is 5.91 Å². The lowest BCUT2D eigenvalue weighted by atomic mass is 10.1. The maximum Gasteiger partial charge on any atom is 0.221 e. The van der Waals surface area contributed by atoms with E-state index in [-0.39, 0.29) is 23.9 Å². The molecule has 88 valence electrons. The van der Waals surface area contributed by atoms with Gasteiger partial charge in [-0.25, -0.2) is 0 Å². The molecule has 0 spiro atoms. The predicted octanol–water partition coefficient (Wildman–Crippen LogP) is 1.11. The number of hydrogen-bond acceptors (Lipinski definition) is 4. The molecule has 1 atom stereocenters. The Bertz CT molecular complexity index is 409. The first kappa shape index (κ1) is 13.0. The quantitative estimate of drug-likeness (QED) is 0.627. The Morgan fingerprint density at radius 2 is 2.25 bits per heavy atom. The fraction of sp³-hybridized carbons (Fsp3) is 0.300. The number of aliphatic hydroxyl groups is 1. The summed E-state index contributed by atoms with van der Waals surface area (Å²) in [5, 5.41) is 21.8. The molecule has 16 heavy (non-hydrogen) atoms. The number of amides is 1. The fourth-order valence-electron chi connectivity index (χ4n) is 1.33. The molecule has 0 radical (unpaired) electrons. The van der Waals surface area contributed by atoms with Crippen LogP contribution >= 0.6 is 15.9 Å². The second kappa shape index (κ2) is 5.29. The second-order valence-electron chi connectivity index (χ2n) is 3.29. The van der Waals surface area contributed by atoms with Gasteiger partial charge in [-0.2, -0.15) is 0 Å². The number of rotatable bonds is 3. The fourth-order valence-corrected chi connectivity index (χ4v) is 1.93. The molecular formula is C10H13BrN2O3. The van der Waals surface area contributed by atoms with Crippen LogP contribution in [0.2, 0.25) is 0 Å². The van der Waals surface area contributed by atoms with Crippen LogP contribution in [0, 0.1) is 0 Å². The highest BCUT2D eigenvalue weighted by molar-refractivity contribution is 9.10. The molecule has 1 unspecified atom stereocenters. The molecule has 1 rings (SSSR count). The van der Waals surface area contributed by atoms with Gasteiger partial charge in [0.05, 0.1) is 11.8 Å². The minimum absolute atomic E-state index is 0.00532. The Morgan fingerprint density at radius 1 is 1.62 bits per heavy atom. The van der Waals surface area contributed by atoms with Crippen molar-refractivity contribution in [2.45, 2.75) is 13.0 Å². The maximum atomic E-state index is 11.0. The lowest BCUT2D eigenvalue weighted by molar-refractivity contribution is -0.114. The predicted molar refractivity (Wildman–Crippen MR) is 64.1 cm³/mol. The molecule has 1 aromatic rings. The number of hydrogen-bond donors (Lipinski definition) is 4. The van der Waals surface area contributed by atoms with Gasteiger partial charge in [0.25, 0.3) is 0 Å². The molecule has 6 heteroatoms. The van der Waals surface area contributed by atoms with Gasteiger partial charge in [-0.05, 0) is 12.1 Å². The van der Waals surface area contributed by atoms with Crippen LogP contribution in [0.4, 0.5) is 5.69 Å². The van der Waals surface area contributed by atoms with Gasteiger partial charge in [-0.3, -0.25) is 4.79 Å². The standard InChI is InChI=1S/C10H13BrN2O3/c1-5(14)13-10-7(15)3-2-6(11)9(10)8(16)4-12/h2-3,8,15-16H,4,12H2,1H3,(H,13,14). The molecule has 0 aliphatic rings. The van der Waals surface area contributed by atoms with E-state index in [1.54, 1.807) is 6.07 Å². The molecule has 0 aliphatic carbocycles. The van der Waals surface area contributed by atoms with Crippen molar-refractivity contribution in [1.82, 2.24) is 0 Å². The molecule has 5 N–H and O–H groups in total. The number of benzene rings is 1. The number of carbonyl (C=O) groups excluding carboxylic acids is 1. The van der Waals surface area contributed by atoms with Crippen molar-refractivity contribution in [3.05, 3.63) is 22.2 Å². The lowest BCUT2D eigenvalue weighted by Gasteiger charge is -2.17. The summed E-state index contributed by atoms with van der Waals surface area (Å²) in [6.07, 6.45) is -0.955. The van der Waals surface area contributed by atoms with Crippen LogP contribution in [-0.2, 0) is 4.79 Å². The Morgan fingerprint density at radius 3 is 2.75 bits per heavy atom. The molecular weight excluding hydrogens is 276 g/mol. The largest absolute Gasteiger partial charge is 0.506 e. The first-order valence-corrected chi connectivity index (χ1v) is 5.43. The Labute approximate surface area is 101 Å². The van der Waals surface area contributed by atoms with Gasteiger partial charge in [0.1, 0.15) is 5.75 Å². The molecule has 0 fully saturated rings. The van der Waals surface area contributed by atoms with Crippen LogP contribution in [0.3, 0.4) is 0 Å². The number of phenolic OH excluding ortho intramolecular Hbond substituents is 1. The minimum atomic E-state index is -0.955. The second-order valence-corrected chi connectivity index (χ2v) is 4.14. The maximum absolute atomic E-state index is 11.0. The Balaban J connectivity index is 3.30. The Hall–Kier alpha value is -1.11. The number of carbonyl (C=O) groups is 1. The average Bonchev–Trinajstić information content (AvgIpc) is 2.22. The number of phenols is 1. The van der Waals surface area contributed by atoms with Crippen molar-refractivity contribution in [3.8, 4) is 5.75 Å². The first-order valence-electron chi connectivity index (χ1n) is 4.64. The van der Waals surface area contributed by atoms with E-state index in [1.165, 1.54) is 13.0 Å². The molecule has 0 aliphatic heterocycles. The highest BCUT2D eigenvalue weighted by Crippen LogP contribution is 2.37. The zero-order valence-corrected chi connectivity index (χ0v) is 10.3. The number of aliphatic hydroxyl groups excluding tert-OH is 1. The van der Waals surface area contributed by atoms with Crippen LogP contribution in [-0.4, -0.2) is 22.7 Å². The molecule has 1 aromatic carbocycles. The van der Waals surface area contributed by atoms with Gasteiger partial charge >= 0.3 is 0 Å². The third-order valence-corrected chi connectivity index (χ3v) is 2.72. The Kier molecular flexibility index (Phi) is 4.28. The number of aromatic hydroxyl groups is 1. The number of anilines is 1. The number of nitrogens with two attached hydrogens (primary N) is 1. The molecule has 0 saturated carbocycles. The normalized spacial score (nSPS) is 12.2. The molecule has 0 bridgehead atoms. The highest BCUT2D eigenvalue weighted by Gasteiger charge is 2.18. The van der Waals surface area contributed by atoms with Crippen LogP contribution in [0.1, 0.15) is 18.6 Å². The topological polar surface area (TPSA) is 95.6 Å². The van der Waals surface area contributed by atoms with Crippen molar-refractivity contribution in [2.75, 3.05) is 11.9 Å².